The predicted octanol–water partition coefficient (Wildman–Crippen LogP) is 3.87. The van der Waals surface area contributed by atoms with Gasteiger partial charge in [0.2, 0.25) is 0 Å². The van der Waals surface area contributed by atoms with Gasteiger partial charge in [-0.3, -0.25) is 0 Å². The second-order valence-electron chi connectivity index (χ2n) is 3.52. The Bertz CT molecular complexity index is 475. The van der Waals surface area contributed by atoms with Crippen LogP contribution in [0.4, 0.5) is 6.01 Å². The first-order chi connectivity index (χ1) is 7.08. The largest absolute Gasteiger partial charge is 0.428 e. The standard InChI is InChI=1S/C10H11BrN2OS/c1-5(2)9-8(13-10(12)14-9)6-3-4-7(11)15-6/h3-5H,1-2H3,(H2,12,13). The number of thiophene rings is 1. The molecule has 0 aliphatic carbocycles. The fourth-order valence-corrected chi connectivity index (χ4v) is 2.74. The second kappa shape index (κ2) is 3.98. The third kappa shape index (κ3) is 2.08. The SMILES string of the molecule is CC(C)c1oc(N)nc1-c1ccc(Br)s1. The number of hydrogen-bond donors (Lipinski definition) is 1. The molecule has 0 unspecified atom stereocenters. The van der Waals surface area contributed by atoms with E-state index >= 15 is 0 Å². The quantitative estimate of drug-likeness (QED) is 0.912. The number of aromatic nitrogens is 1. The summed E-state index contributed by atoms with van der Waals surface area (Å²) < 4.78 is 6.48. The van der Waals surface area contributed by atoms with Crippen LogP contribution in [0.3, 0.4) is 0 Å². The number of anilines is 1. The molecule has 2 N–H and O–H groups in total. The maximum atomic E-state index is 5.58. The Balaban J connectivity index is 2.52. The summed E-state index contributed by atoms with van der Waals surface area (Å²) in [5.74, 6) is 1.13. The average molecular weight is 287 g/mol. The molecule has 0 saturated carbocycles. The van der Waals surface area contributed by atoms with Crippen LogP contribution in [0.1, 0.15) is 25.5 Å². The molecule has 0 amide bonds. The van der Waals surface area contributed by atoms with Crippen molar-refractivity contribution in [2.24, 2.45) is 0 Å². The molecule has 0 bridgehead atoms. The molecule has 0 aromatic carbocycles. The Morgan fingerprint density at radius 3 is 2.73 bits per heavy atom. The highest BCUT2D eigenvalue weighted by Gasteiger charge is 2.17. The summed E-state index contributed by atoms with van der Waals surface area (Å²) in [5.41, 5.74) is 6.44. The molecule has 2 heterocycles. The topological polar surface area (TPSA) is 52.0 Å². The van der Waals surface area contributed by atoms with Gasteiger partial charge < -0.3 is 10.2 Å². The molecule has 0 aliphatic rings. The van der Waals surface area contributed by atoms with E-state index in [2.05, 4.69) is 34.8 Å². The minimum absolute atomic E-state index is 0.234. The molecule has 0 spiro atoms. The first kappa shape index (κ1) is 10.7. The summed E-state index contributed by atoms with van der Waals surface area (Å²) in [4.78, 5) is 5.29. The number of rotatable bonds is 2. The van der Waals surface area contributed by atoms with Gasteiger partial charge in [0, 0.05) is 5.92 Å². The Hall–Kier alpha value is -0.810. The highest BCUT2D eigenvalue weighted by atomic mass is 79.9. The van der Waals surface area contributed by atoms with Crippen LogP contribution >= 0.6 is 27.3 Å². The molecule has 0 saturated heterocycles. The van der Waals surface area contributed by atoms with Crippen molar-refractivity contribution >= 4 is 33.3 Å². The van der Waals surface area contributed by atoms with Crippen molar-refractivity contribution in [1.82, 2.24) is 4.98 Å². The first-order valence-corrected chi connectivity index (χ1v) is 6.20. The summed E-state index contributed by atoms with van der Waals surface area (Å²) in [7, 11) is 0. The minimum atomic E-state index is 0.234. The summed E-state index contributed by atoms with van der Waals surface area (Å²) in [6, 6.07) is 4.24. The van der Waals surface area contributed by atoms with Crippen molar-refractivity contribution in [2.45, 2.75) is 19.8 Å². The maximum Gasteiger partial charge on any atom is 0.292 e. The number of nitrogen functional groups attached to an aromatic ring is 1. The zero-order valence-electron chi connectivity index (χ0n) is 8.45. The highest BCUT2D eigenvalue weighted by molar-refractivity contribution is 9.11. The Morgan fingerprint density at radius 1 is 1.47 bits per heavy atom. The summed E-state index contributed by atoms with van der Waals surface area (Å²) in [6.45, 7) is 4.12. The van der Waals surface area contributed by atoms with Gasteiger partial charge in [0.15, 0.2) is 0 Å². The average Bonchev–Trinajstić information content (AvgIpc) is 2.71. The summed E-state index contributed by atoms with van der Waals surface area (Å²) >= 11 is 5.05. The van der Waals surface area contributed by atoms with Crippen LogP contribution in [0.2, 0.25) is 0 Å². The lowest BCUT2D eigenvalue weighted by atomic mass is 10.1. The van der Waals surface area contributed by atoms with Crippen molar-refractivity contribution in [3.05, 3.63) is 21.7 Å². The van der Waals surface area contributed by atoms with E-state index in [1.807, 2.05) is 12.1 Å². The molecule has 0 radical (unpaired) electrons. The van der Waals surface area contributed by atoms with Crippen molar-refractivity contribution in [3.63, 3.8) is 0 Å². The zero-order chi connectivity index (χ0) is 11.0. The van der Waals surface area contributed by atoms with E-state index in [0.29, 0.717) is 0 Å². The summed E-state index contributed by atoms with van der Waals surface area (Å²) in [6.07, 6.45) is 0. The zero-order valence-corrected chi connectivity index (χ0v) is 10.9. The third-order valence-corrected chi connectivity index (χ3v) is 3.63. The first-order valence-electron chi connectivity index (χ1n) is 4.60. The molecule has 2 rings (SSSR count). The van der Waals surface area contributed by atoms with Gasteiger partial charge >= 0.3 is 0 Å². The molecule has 5 heteroatoms. The van der Waals surface area contributed by atoms with E-state index in [4.69, 9.17) is 10.2 Å². The Labute approximate surface area is 100 Å². The molecular weight excluding hydrogens is 276 g/mol. The van der Waals surface area contributed by atoms with Gasteiger partial charge in [-0.2, -0.15) is 4.98 Å². The normalized spacial score (nSPS) is 11.2. The lowest BCUT2D eigenvalue weighted by Gasteiger charge is -2.00. The third-order valence-electron chi connectivity index (χ3n) is 2.00. The van der Waals surface area contributed by atoms with Gasteiger partial charge in [-0.15, -0.1) is 11.3 Å². The van der Waals surface area contributed by atoms with Gasteiger partial charge in [-0.25, -0.2) is 0 Å². The van der Waals surface area contributed by atoms with Gasteiger partial charge in [-0.05, 0) is 28.1 Å². The lowest BCUT2D eigenvalue weighted by molar-refractivity contribution is 0.501. The van der Waals surface area contributed by atoms with Crippen LogP contribution in [0.5, 0.6) is 0 Å². The number of nitrogens with two attached hydrogens (primary N) is 1. The minimum Gasteiger partial charge on any atom is -0.428 e. The van der Waals surface area contributed by atoms with E-state index in [9.17, 15) is 0 Å². The molecule has 2 aromatic rings. The van der Waals surface area contributed by atoms with Crippen molar-refractivity contribution in [3.8, 4) is 10.6 Å². The maximum absolute atomic E-state index is 5.58. The van der Waals surface area contributed by atoms with Crippen molar-refractivity contribution in [2.75, 3.05) is 5.73 Å². The van der Waals surface area contributed by atoms with E-state index in [1.54, 1.807) is 11.3 Å². The molecular formula is C10H11BrN2OS. The van der Waals surface area contributed by atoms with Gasteiger partial charge in [-0.1, -0.05) is 13.8 Å². The molecule has 0 aliphatic heterocycles. The predicted molar refractivity (Wildman–Crippen MR) is 66.0 cm³/mol. The van der Waals surface area contributed by atoms with Crippen LogP contribution in [-0.2, 0) is 0 Å². The number of oxazole rings is 1. The second-order valence-corrected chi connectivity index (χ2v) is 5.99. The monoisotopic (exact) mass is 286 g/mol. The fourth-order valence-electron chi connectivity index (χ4n) is 1.36. The van der Waals surface area contributed by atoms with Crippen molar-refractivity contribution < 1.29 is 4.42 Å². The highest BCUT2D eigenvalue weighted by Crippen LogP contribution is 2.36. The van der Waals surface area contributed by atoms with Crippen molar-refractivity contribution in [1.29, 1.82) is 0 Å². The van der Waals surface area contributed by atoms with E-state index < -0.39 is 0 Å². The molecule has 80 valence electrons. The van der Waals surface area contributed by atoms with Crippen LogP contribution < -0.4 is 5.73 Å². The number of nitrogens with zero attached hydrogens (tertiary/aromatic N) is 1. The van der Waals surface area contributed by atoms with Gasteiger partial charge in [0.05, 0.1) is 8.66 Å². The van der Waals surface area contributed by atoms with Gasteiger partial charge in [0.1, 0.15) is 11.5 Å². The molecule has 0 fully saturated rings. The number of halogens is 1. The van der Waals surface area contributed by atoms with E-state index in [-0.39, 0.29) is 11.9 Å². The molecule has 0 atom stereocenters. The van der Waals surface area contributed by atoms with Crippen LogP contribution in [-0.4, -0.2) is 4.98 Å². The lowest BCUT2D eigenvalue weighted by Crippen LogP contribution is -1.86. The molecule has 15 heavy (non-hydrogen) atoms. The van der Waals surface area contributed by atoms with Gasteiger partial charge in [0.25, 0.3) is 6.01 Å². The molecule has 3 nitrogen and oxygen atoms in total. The van der Waals surface area contributed by atoms with E-state index in [0.717, 1.165) is 20.1 Å². The van der Waals surface area contributed by atoms with Crippen LogP contribution in [0.15, 0.2) is 20.3 Å². The van der Waals surface area contributed by atoms with Crippen LogP contribution in [0.25, 0.3) is 10.6 Å². The fraction of sp³-hybridized carbons (Fsp3) is 0.300. The van der Waals surface area contributed by atoms with E-state index in [1.165, 1.54) is 0 Å². The Kier molecular flexibility index (Phi) is 2.84. The molecule has 2 aromatic heterocycles. The van der Waals surface area contributed by atoms with Crippen LogP contribution in [0, 0.1) is 0 Å². The number of hydrogen-bond acceptors (Lipinski definition) is 4. The Morgan fingerprint density at radius 2 is 2.20 bits per heavy atom. The smallest absolute Gasteiger partial charge is 0.292 e. The summed E-state index contributed by atoms with van der Waals surface area (Å²) in [5, 5.41) is 0.